The highest BCUT2D eigenvalue weighted by Gasteiger charge is 2.11. The summed E-state index contributed by atoms with van der Waals surface area (Å²) in [7, 11) is 0. The largest absolute Gasteiger partial charge is 0.378 e. The molecule has 5 heteroatoms. The fourth-order valence-electron chi connectivity index (χ4n) is 2.61. The standard InChI is InChI=1S/C18H19BrN2O2/c19-15-3-1-2-14(12-15)13-18(22)20-16-4-6-17(7-5-16)21-8-10-23-11-9-21/h1-7,12H,8-11,13H2,(H,20,22). The van der Waals surface area contributed by atoms with Gasteiger partial charge in [0.25, 0.3) is 0 Å². The minimum Gasteiger partial charge on any atom is -0.378 e. The summed E-state index contributed by atoms with van der Waals surface area (Å²) in [6, 6.07) is 15.8. The molecule has 1 aliphatic rings. The number of halogens is 1. The minimum atomic E-state index is -0.0118. The van der Waals surface area contributed by atoms with E-state index in [9.17, 15) is 4.79 Å². The molecule has 0 spiro atoms. The SMILES string of the molecule is O=C(Cc1cccc(Br)c1)Nc1ccc(N2CCOCC2)cc1. The number of carbonyl (C=O) groups is 1. The van der Waals surface area contributed by atoms with E-state index in [4.69, 9.17) is 4.74 Å². The van der Waals surface area contributed by atoms with Crippen molar-refractivity contribution < 1.29 is 9.53 Å². The van der Waals surface area contributed by atoms with Crippen molar-refractivity contribution in [2.75, 3.05) is 36.5 Å². The molecule has 0 bridgehead atoms. The van der Waals surface area contributed by atoms with Gasteiger partial charge in [0.05, 0.1) is 19.6 Å². The molecule has 0 saturated carbocycles. The van der Waals surface area contributed by atoms with Crippen LogP contribution in [0.15, 0.2) is 53.0 Å². The lowest BCUT2D eigenvalue weighted by molar-refractivity contribution is -0.115. The number of carbonyl (C=O) groups excluding carboxylic acids is 1. The van der Waals surface area contributed by atoms with Gasteiger partial charge in [-0.3, -0.25) is 4.79 Å². The van der Waals surface area contributed by atoms with Crippen molar-refractivity contribution in [1.82, 2.24) is 0 Å². The molecule has 0 aromatic heterocycles. The van der Waals surface area contributed by atoms with E-state index in [0.717, 1.165) is 42.0 Å². The zero-order chi connectivity index (χ0) is 16.1. The Bertz CT molecular complexity index is 667. The van der Waals surface area contributed by atoms with Crippen molar-refractivity contribution in [2.24, 2.45) is 0 Å². The molecule has 3 rings (SSSR count). The number of hydrogen-bond donors (Lipinski definition) is 1. The second-order valence-electron chi connectivity index (χ2n) is 5.50. The Balaban J connectivity index is 1.58. The number of amides is 1. The Morgan fingerprint density at radius 1 is 1.13 bits per heavy atom. The van der Waals surface area contributed by atoms with Gasteiger partial charge in [0.15, 0.2) is 0 Å². The number of benzene rings is 2. The average Bonchev–Trinajstić information content (AvgIpc) is 2.56. The molecular weight excluding hydrogens is 356 g/mol. The first-order valence-corrected chi connectivity index (χ1v) is 8.47. The average molecular weight is 375 g/mol. The van der Waals surface area contributed by atoms with Gasteiger partial charge in [-0.25, -0.2) is 0 Å². The van der Waals surface area contributed by atoms with Crippen molar-refractivity contribution in [3.8, 4) is 0 Å². The zero-order valence-corrected chi connectivity index (χ0v) is 14.4. The maximum Gasteiger partial charge on any atom is 0.228 e. The summed E-state index contributed by atoms with van der Waals surface area (Å²) < 4.78 is 6.34. The molecular formula is C18H19BrN2O2. The quantitative estimate of drug-likeness (QED) is 0.890. The van der Waals surface area contributed by atoms with Crippen LogP contribution in [0.5, 0.6) is 0 Å². The smallest absolute Gasteiger partial charge is 0.228 e. The van der Waals surface area contributed by atoms with Crippen LogP contribution in [0, 0.1) is 0 Å². The van der Waals surface area contributed by atoms with E-state index >= 15 is 0 Å². The second-order valence-corrected chi connectivity index (χ2v) is 6.42. The molecule has 0 atom stereocenters. The molecule has 120 valence electrons. The predicted molar refractivity (Wildman–Crippen MR) is 95.9 cm³/mol. The van der Waals surface area contributed by atoms with Crippen molar-refractivity contribution in [3.05, 3.63) is 58.6 Å². The second kappa shape index (κ2) is 7.62. The van der Waals surface area contributed by atoms with Crippen LogP contribution >= 0.6 is 15.9 Å². The molecule has 1 amide bonds. The number of nitrogens with zero attached hydrogens (tertiary/aromatic N) is 1. The number of nitrogens with one attached hydrogen (secondary N) is 1. The minimum absolute atomic E-state index is 0.0118. The number of anilines is 2. The molecule has 1 N–H and O–H groups in total. The number of ether oxygens (including phenoxy) is 1. The third-order valence-corrected chi connectivity index (χ3v) is 4.27. The molecule has 0 unspecified atom stereocenters. The van der Waals surface area contributed by atoms with Crippen LogP contribution in [-0.4, -0.2) is 32.2 Å². The van der Waals surface area contributed by atoms with Gasteiger partial charge in [0.2, 0.25) is 5.91 Å². The molecule has 1 saturated heterocycles. The van der Waals surface area contributed by atoms with E-state index in [1.807, 2.05) is 48.5 Å². The van der Waals surface area contributed by atoms with Crippen molar-refractivity contribution in [2.45, 2.75) is 6.42 Å². The van der Waals surface area contributed by atoms with E-state index in [2.05, 4.69) is 26.1 Å². The Morgan fingerprint density at radius 3 is 2.57 bits per heavy atom. The van der Waals surface area contributed by atoms with E-state index in [1.54, 1.807) is 0 Å². The van der Waals surface area contributed by atoms with Crippen molar-refractivity contribution in [1.29, 1.82) is 0 Å². The Labute approximate surface area is 144 Å². The molecule has 1 aliphatic heterocycles. The van der Waals surface area contributed by atoms with E-state index in [0.29, 0.717) is 6.42 Å². The van der Waals surface area contributed by atoms with Crippen molar-refractivity contribution >= 4 is 33.2 Å². The summed E-state index contributed by atoms with van der Waals surface area (Å²) in [5.74, 6) is -0.0118. The van der Waals surface area contributed by atoms with Crippen LogP contribution < -0.4 is 10.2 Å². The highest BCUT2D eigenvalue weighted by molar-refractivity contribution is 9.10. The number of hydrogen-bond acceptors (Lipinski definition) is 3. The summed E-state index contributed by atoms with van der Waals surface area (Å²) in [5.41, 5.74) is 2.97. The summed E-state index contributed by atoms with van der Waals surface area (Å²) in [4.78, 5) is 14.4. The van der Waals surface area contributed by atoms with E-state index < -0.39 is 0 Å². The molecule has 1 heterocycles. The van der Waals surface area contributed by atoms with Gasteiger partial charge in [0, 0.05) is 28.9 Å². The lowest BCUT2D eigenvalue weighted by atomic mass is 10.1. The van der Waals surface area contributed by atoms with E-state index in [1.165, 1.54) is 5.69 Å². The summed E-state index contributed by atoms with van der Waals surface area (Å²) in [6.07, 6.45) is 0.366. The zero-order valence-electron chi connectivity index (χ0n) is 12.8. The molecule has 2 aromatic rings. The van der Waals surface area contributed by atoms with Crippen LogP contribution in [0.25, 0.3) is 0 Å². The highest BCUT2D eigenvalue weighted by atomic mass is 79.9. The molecule has 1 fully saturated rings. The first-order valence-electron chi connectivity index (χ1n) is 7.68. The Morgan fingerprint density at radius 2 is 1.87 bits per heavy atom. The predicted octanol–water partition coefficient (Wildman–Crippen LogP) is 3.47. The van der Waals surface area contributed by atoms with Gasteiger partial charge in [-0.15, -0.1) is 0 Å². The van der Waals surface area contributed by atoms with Gasteiger partial charge in [0.1, 0.15) is 0 Å². The monoisotopic (exact) mass is 374 g/mol. The first kappa shape index (κ1) is 16.0. The van der Waals surface area contributed by atoms with E-state index in [-0.39, 0.29) is 5.91 Å². The third kappa shape index (κ3) is 4.56. The molecule has 2 aromatic carbocycles. The maximum atomic E-state index is 12.1. The third-order valence-electron chi connectivity index (χ3n) is 3.78. The van der Waals surface area contributed by atoms with Crippen LogP contribution in [0.2, 0.25) is 0 Å². The fraction of sp³-hybridized carbons (Fsp3) is 0.278. The van der Waals surface area contributed by atoms with Gasteiger partial charge in [-0.05, 0) is 42.0 Å². The molecule has 4 nitrogen and oxygen atoms in total. The molecule has 23 heavy (non-hydrogen) atoms. The van der Waals surface area contributed by atoms with Gasteiger partial charge in [-0.2, -0.15) is 0 Å². The lowest BCUT2D eigenvalue weighted by Gasteiger charge is -2.28. The topological polar surface area (TPSA) is 41.6 Å². The summed E-state index contributed by atoms with van der Waals surface area (Å²) in [5, 5.41) is 2.94. The van der Waals surface area contributed by atoms with Crippen LogP contribution in [0.4, 0.5) is 11.4 Å². The first-order chi connectivity index (χ1) is 11.2. The molecule has 0 aliphatic carbocycles. The summed E-state index contributed by atoms with van der Waals surface area (Å²) >= 11 is 3.42. The van der Waals surface area contributed by atoms with Gasteiger partial charge >= 0.3 is 0 Å². The fourth-order valence-corrected chi connectivity index (χ4v) is 3.06. The van der Waals surface area contributed by atoms with Crippen molar-refractivity contribution in [3.63, 3.8) is 0 Å². The van der Waals surface area contributed by atoms with Crippen LogP contribution in [0.3, 0.4) is 0 Å². The highest BCUT2D eigenvalue weighted by Crippen LogP contribution is 2.19. The molecule has 0 radical (unpaired) electrons. The van der Waals surface area contributed by atoms with Crippen LogP contribution in [-0.2, 0) is 16.0 Å². The Kier molecular flexibility index (Phi) is 5.31. The maximum absolute atomic E-state index is 12.1. The number of rotatable bonds is 4. The van der Waals surface area contributed by atoms with Gasteiger partial charge < -0.3 is 15.0 Å². The normalized spacial score (nSPS) is 14.6. The van der Waals surface area contributed by atoms with Crippen LogP contribution in [0.1, 0.15) is 5.56 Å². The summed E-state index contributed by atoms with van der Waals surface area (Å²) in [6.45, 7) is 3.36. The number of morpholine rings is 1. The lowest BCUT2D eigenvalue weighted by Crippen LogP contribution is -2.36. The Hall–Kier alpha value is -1.85. The van der Waals surface area contributed by atoms with Gasteiger partial charge in [-0.1, -0.05) is 28.1 Å².